The van der Waals surface area contributed by atoms with E-state index in [1.54, 1.807) is 0 Å². The van der Waals surface area contributed by atoms with Crippen LogP contribution in [-0.2, 0) is 6.54 Å². The summed E-state index contributed by atoms with van der Waals surface area (Å²) in [6.45, 7) is 2.16. The van der Waals surface area contributed by atoms with E-state index in [0.29, 0.717) is 13.2 Å². The molecule has 0 bridgehead atoms. The van der Waals surface area contributed by atoms with Crippen molar-refractivity contribution in [2.75, 3.05) is 18.0 Å². The summed E-state index contributed by atoms with van der Waals surface area (Å²) in [5, 5.41) is 0. The molecule has 3 nitrogen and oxygen atoms in total. The number of hydrogen-bond donors (Lipinski definition) is 0. The zero-order valence-electron chi connectivity index (χ0n) is 11.7. The van der Waals surface area contributed by atoms with E-state index in [2.05, 4.69) is 48.9 Å². The summed E-state index contributed by atoms with van der Waals surface area (Å²) in [6.07, 6.45) is 0. The summed E-state index contributed by atoms with van der Waals surface area (Å²) >= 11 is 0. The quantitative estimate of drug-likeness (QED) is 0.779. The Balaban J connectivity index is 1.82. The van der Waals surface area contributed by atoms with E-state index in [1.165, 1.54) is 11.3 Å². The number of rotatable bonds is 4. The van der Waals surface area contributed by atoms with Crippen LogP contribution in [0.15, 0.2) is 48.5 Å². The van der Waals surface area contributed by atoms with Crippen LogP contribution in [0.5, 0.6) is 11.5 Å². The molecule has 5 heteroatoms. The van der Waals surface area contributed by atoms with Crippen LogP contribution in [0.3, 0.4) is 0 Å². The van der Waals surface area contributed by atoms with Crippen molar-refractivity contribution in [2.24, 2.45) is 0 Å². The Morgan fingerprint density at radius 2 is 1.75 bits per heavy atom. The number of anilines is 1. The van der Waals surface area contributed by atoms with Crippen molar-refractivity contribution >= 4 is 20.7 Å². The first-order valence-electron chi connectivity index (χ1n) is 7.05. The molecule has 0 aliphatic carbocycles. The summed E-state index contributed by atoms with van der Waals surface area (Å²) in [7, 11) is 3.12. The van der Waals surface area contributed by atoms with Crippen molar-refractivity contribution in [3.63, 3.8) is 0 Å². The molecule has 0 N–H and O–H groups in total. The van der Waals surface area contributed by atoms with Gasteiger partial charge in [0.1, 0.15) is 13.2 Å². The van der Waals surface area contributed by atoms with Gasteiger partial charge in [-0.1, -0.05) is 30.3 Å². The molecular weight excluding hydrogens is 248 g/mol. The highest BCUT2D eigenvalue weighted by Crippen LogP contribution is 2.34. The van der Waals surface area contributed by atoms with Gasteiger partial charge in [-0.05, 0) is 17.7 Å². The normalized spacial score (nSPS) is 12.8. The van der Waals surface area contributed by atoms with E-state index in [1.807, 2.05) is 12.1 Å². The maximum absolute atomic E-state index is 5.66. The van der Waals surface area contributed by atoms with Gasteiger partial charge in [-0.25, -0.2) is 0 Å². The molecule has 0 saturated carbocycles. The molecule has 0 atom stereocenters. The Bertz CT molecular complexity index is 577. The SMILES string of the molecule is BBN(Cc1ccccc1)c1ccc2c(c1)OCCO2. The van der Waals surface area contributed by atoms with Crippen molar-refractivity contribution in [3.05, 3.63) is 54.1 Å². The second-order valence-electron chi connectivity index (χ2n) is 4.83. The first kappa shape index (κ1) is 13.0. The zero-order chi connectivity index (χ0) is 13.8. The maximum atomic E-state index is 5.66. The molecule has 1 heterocycles. The molecule has 0 radical (unpaired) electrons. The second kappa shape index (κ2) is 5.95. The fraction of sp³-hybridized carbons (Fsp3) is 0.200. The lowest BCUT2D eigenvalue weighted by molar-refractivity contribution is 0.171. The molecule has 100 valence electrons. The van der Waals surface area contributed by atoms with Crippen LogP contribution in [0.4, 0.5) is 5.69 Å². The van der Waals surface area contributed by atoms with E-state index in [-0.39, 0.29) is 0 Å². The van der Waals surface area contributed by atoms with E-state index in [9.17, 15) is 0 Å². The lowest BCUT2D eigenvalue weighted by atomic mass is 9.64. The average molecular weight is 265 g/mol. The molecule has 1 aliphatic heterocycles. The summed E-state index contributed by atoms with van der Waals surface area (Å²) in [5.74, 6) is 1.69. The Labute approximate surface area is 121 Å². The molecular formula is C15H17B2NO2. The topological polar surface area (TPSA) is 21.7 Å². The average Bonchev–Trinajstić information content (AvgIpc) is 2.53. The number of hydrogen-bond acceptors (Lipinski definition) is 3. The van der Waals surface area contributed by atoms with E-state index in [0.717, 1.165) is 25.3 Å². The molecule has 0 aromatic heterocycles. The van der Waals surface area contributed by atoms with Gasteiger partial charge in [0.05, 0.1) is 7.74 Å². The predicted octanol–water partition coefficient (Wildman–Crippen LogP) is 1.36. The number of nitrogens with zero attached hydrogens (tertiary/aromatic N) is 1. The van der Waals surface area contributed by atoms with Gasteiger partial charge >= 0.3 is 0 Å². The zero-order valence-corrected chi connectivity index (χ0v) is 11.7. The highest BCUT2D eigenvalue weighted by atomic mass is 16.6. The Morgan fingerprint density at radius 1 is 1.00 bits per heavy atom. The minimum Gasteiger partial charge on any atom is -0.486 e. The third-order valence-corrected chi connectivity index (χ3v) is 3.49. The third-order valence-electron chi connectivity index (χ3n) is 3.49. The molecule has 2 aromatic rings. The number of benzene rings is 2. The van der Waals surface area contributed by atoms with Crippen LogP contribution in [-0.4, -0.2) is 28.3 Å². The number of ether oxygens (including phenoxy) is 2. The third kappa shape index (κ3) is 2.77. The van der Waals surface area contributed by atoms with Crippen molar-refractivity contribution < 1.29 is 9.47 Å². The second-order valence-corrected chi connectivity index (χ2v) is 4.83. The van der Waals surface area contributed by atoms with Gasteiger partial charge in [-0.2, -0.15) is 0 Å². The van der Waals surface area contributed by atoms with Gasteiger partial charge in [-0.3, -0.25) is 0 Å². The van der Waals surface area contributed by atoms with Crippen molar-refractivity contribution in [1.82, 2.24) is 0 Å². The Kier molecular flexibility index (Phi) is 3.86. The van der Waals surface area contributed by atoms with Gasteiger partial charge in [0.2, 0.25) is 0 Å². The summed E-state index contributed by atoms with van der Waals surface area (Å²) in [4.78, 5) is 2.33. The molecule has 1 aliphatic rings. The summed E-state index contributed by atoms with van der Waals surface area (Å²) < 4.78 is 11.2. The van der Waals surface area contributed by atoms with Crippen LogP contribution >= 0.6 is 0 Å². The molecule has 2 aromatic carbocycles. The summed E-state index contributed by atoms with van der Waals surface area (Å²) in [5.41, 5.74) is 2.48. The van der Waals surface area contributed by atoms with Crippen LogP contribution < -0.4 is 14.3 Å². The maximum Gasteiger partial charge on any atom is 0.192 e. The smallest absolute Gasteiger partial charge is 0.192 e. The van der Waals surface area contributed by atoms with Gasteiger partial charge in [0.25, 0.3) is 0 Å². The van der Waals surface area contributed by atoms with Crippen LogP contribution in [0.25, 0.3) is 0 Å². The lowest BCUT2D eigenvalue weighted by Crippen LogP contribution is -2.27. The fourth-order valence-electron chi connectivity index (χ4n) is 2.42. The van der Waals surface area contributed by atoms with Crippen LogP contribution in [0.1, 0.15) is 5.56 Å². The molecule has 0 amide bonds. The Hall–Kier alpha value is -2.03. The first-order chi connectivity index (χ1) is 9.86. The number of fused-ring (bicyclic) bond motifs is 1. The highest BCUT2D eigenvalue weighted by molar-refractivity contribution is 6.91. The monoisotopic (exact) mass is 265 g/mol. The van der Waals surface area contributed by atoms with E-state index >= 15 is 0 Å². The van der Waals surface area contributed by atoms with Gasteiger partial charge in [0, 0.05) is 18.3 Å². The molecule has 0 unspecified atom stereocenters. The summed E-state index contributed by atoms with van der Waals surface area (Å²) in [6, 6.07) is 16.7. The van der Waals surface area contributed by atoms with Crippen molar-refractivity contribution in [2.45, 2.75) is 6.54 Å². The lowest BCUT2D eigenvalue weighted by Gasteiger charge is -2.26. The first-order valence-corrected chi connectivity index (χ1v) is 7.05. The minimum atomic E-state index is 0.626. The van der Waals surface area contributed by atoms with E-state index < -0.39 is 0 Å². The van der Waals surface area contributed by atoms with Gasteiger partial charge < -0.3 is 14.3 Å². The molecule has 3 rings (SSSR count). The predicted molar refractivity (Wildman–Crippen MR) is 85.8 cm³/mol. The van der Waals surface area contributed by atoms with Crippen LogP contribution in [0, 0.1) is 0 Å². The van der Waals surface area contributed by atoms with Gasteiger partial charge in [0.15, 0.2) is 18.8 Å². The standard InChI is InChI=1S/C15H17B2NO2/c16-17-18(11-12-4-2-1-3-5-12)13-6-7-14-15(10-13)20-9-8-19-14/h1-7,10,17H,8-9,11,16H2. The fourth-order valence-corrected chi connectivity index (χ4v) is 2.42. The highest BCUT2D eigenvalue weighted by Gasteiger charge is 2.14. The minimum absolute atomic E-state index is 0.626. The molecule has 0 saturated heterocycles. The van der Waals surface area contributed by atoms with Crippen LogP contribution in [0.2, 0.25) is 0 Å². The van der Waals surface area contributed by atoms with Crippen molar-refractivity contribution in [1.29, 1.82) is 0 Å². The van der Waals surface area contributed by atoms with Crippen molar-refractivity contribution in [3.8, 4) is 11.5 Å². The Morgan fingerprint density at radius 3 is 2.50 bits per heavy atom. The largest absolute Gasteiger partial charge is 0.486 e. The molecule has 0 spiro atoms. The van der Waals surface area contributed by atoms with E-state index in [4.69, 9.17) is 9.47 Å². The molecule has 0 fully saturated rings. The van der Waals surface area contributed by atoms with Gasteiger partial charge in [-0.15, -0.1) is 0 Å². The molecule has 20 heavy (non-hydrogen) atoms.